The van der Waals surface area contributed by atoms with E-state index in [0.717, 1.165) is 16.0 Å². The van der Waals surface area contributed by atoms with Crippen molar-refractivity contribution in [2.75, 3.05) is 11.9 Å². The van der Waals surface area contributed by atoms with Gasteiger partial charge in [-0.15, -0.1) is 0 Å². The summed E-state index contributed by atoms with van der Waals surface area (Å²) in [5, 5.41) is 15.0. The highest BCUT2D eigenvalue weighted by molar-refractivity contribution is 6.00. The molecule has 2 aromatic carbocycles. The summed E-state index contributed by atoms with van der Waals surface area (Å²) in [5.41, 5.74) is 1.96. The summed E-state index contributed by atoms with van der Waals surface area (Å²) in [6.07, 6.45) is 4.78. The zero-order valence-electron chi connectivity index (χ0n) is 20.1. The van der Waals surface area contributed by atoms with Gasteiger partial charge in [-0.2, -0.15) is 0 Å². The van der Waals surface area contributed by atoms with Crippen LogP contribution in [-0.2, 0) is 14.3 Å². The van der Waals surface area contributed by atoms with Gasteiger partial charge in [-0.05, 0) is 51.3 Å². The molecule has 3 amide bonds. The minimum Gasteiger partial charge on any atom is -0.444 e. The van der Waals surface area contributed by atoms with Gasteiger partial charge >= 0.3 is 6.09 Å². The van der Waals surface area contributed by atoms with Gasteiger partial charge in [0.15, 0.2) is 0 Å². The highest BCUT2D eigenvalue weighted by Crippen LogP contribution is 2.26. The molecule has 0 aliphatic heterocycles. The molecule has 3 N–H and O–H groups in total. The van der Waals surface area contributed by atoms with Crippen LogP contribution in [-0.4, -0.2) is 46.2 Å². The standard InChI is InChI=1S/C26H31N3O5/c1-7-29(24(32)20(16-30)27-25(33)34-26(4,5)6)22(19-14-9-8-10-15-19)23(31)28-21-17(2)12-11-13-18(21)3/h1,8-15,20,22,30H,16H2,2-6H3,(H,27,33)(H,28,31). The van der Waals surface area contributed by atoms with E-state index in [-0.39, 0.29) is 0 Å². The molecule has 2 unspecified atom stereocenters. The van der Waals surface area contributed by atoms with Crippen LogP contribution in [0.4, 0.5) is 10.5 Å². The maximum Gasteiger partial charge on any atom is 0.408 e. The number of ether oxygens (including phenoxy) is 1. The lowest BCUT2D eigenvalue weighted by Gasteiger charge is -2.30. The second kappa shape index (κ2) is 11.3. The van der Waals surface area contributed by atoms with Crippen molar-refractivity contribution < 1.29 is 24.2 Å². The second-order valence-corrected chi connectivity index (χ2v) is 8.79. The van der Waals surface area contributed by atoms with Crippen molar-refractivity contribution in [2.45, 2.75) is 52.3 Å². The normalized spacial score (nSPS) is 12.6. The van der Waals surface area contributed by atoms with E-state index in [2.05, 4.69) is 16.7 Å². The smallest absolute Gasteiger partial charge is 0.408 e. The van der Waals surface area contributed by atoms with Crippen LogP contribution in [0.3, 0.4) is 0 Å². The third-order valence-electron chi connectivity index (χ3n) is 4.90. The Balaban J connectivity index is 2.40. The molecule has 0 bridgehead atoms. The Morgan fingerprint density at radius 1 is 1.06 bits per heavy atom. The Morgan fingerprint density at radius 3 is 2.15 bits per heavy atom. The minimum atomic E-state index is -1.41. The number of anilines is 1. The number of benzene rings is 2. The molecule has 8 heteroatoms. The van der Waals surface area contributed by atoms with Crippen LogP contribution in [0.2, 0.25) is 0 Å². The van der Waals surface area contributed by atoms with Gasteiger partial charge in [-0.3, -0.25) is 14.5 Å². The van der Waals surface area contributed by atoms with Gasteiger partial charge in [0.25, 0.3) is 11.8 Å². The zero-order valence-corrected chi connectivity index (χ0v) is 20.1. The molecule has 2 rings (SSSR count). The summed E-state index contributed by atoms with van der Waals surface area (Å²) in [6, 6.07) is 13.8. The number of amides is 3. The summed E-state index contributed by atoms with van der Waals surface area (Å²) in [5.74, 6) is -1.37. The number of alkyl carbamates (subject to hydrolysis) is 1. The maximum atomic E-state index is 13.5. The first-order chi connectivity index (χ1) is 16.0. The monoisotopic (exact) mass is 465 g/mol. The lowest BCUT2D eigenvalue weighted by Crippen LogP contribution is -2.52. The largest absolute Gasteiger partial charge is 0.444 e. The van der Waals surface area contributed by atoms with Gasteiger partial charge in [-0.1, -0.05) is 55.0 Å². The molecule has 2 atom stereocenters. The van der Waals surface area contributed by atoms with Crippen molar-refractivity contribution in [1.29, 1.82) is 0 Å². The Bertz CT molecular complexity index is 1050. The van der Waals surface area contributed by atoms with Crippen LogP contribution in [0.25, 0.3) is 0 Å². The van der Waals surface area contributed by atoms with Crippen LogP contribution >= 0.6 is 0 Å². The van der Waals surface area contributed by atoms with E-state index in [1.165, 1.54) is 0 Å². The van der Waals surface area contributed by atoms with Gasteiger partial charge in [-0.25, -0.2) is 4.79 Å². The molecule has 0 aliphatic carbocycles. The Labute approximate surface area is 200 Å². The Kier molecular flexibility index (Phi) is 8.82. The van der Waals surface area contributed by atoms with Crippen LogP contribution < -0.4 is 10.6 Å². The maximum absolute atomic E-state index is 13.5. The molecule has 0 saturated carbocycles. The molecule has 0 saturated heterocycles. The number of aryl methyl sites for hydroxylation is 2. The highest BCUT2D eigenvalue weighted by atomic mass is 16.6. The van der Waals surface area contributed by atoms with Crippen LogP contribution in [0.1, 0.15) is 43.5 Å². The van der Waals surface area contributed by atoms with Gasteiger partial charge < -0.3 is 20.5 Å². The number of carbonyl (C=O) groups excluding carboxylic acids is 3. The molecular weight excluding hydrogens is 434 g/mol. The van der Waals surface area contributed by atoms with Crippen LogP contribution in [0, 0.1) is 26.3 Å². The number of nitrogens with zero attached hydrogens (tertiary/aromatic N) is 1. The number of carbonyl (C=O) groups is 3. The summed E-state index contributed by atoms with van der Waals surface area (Å²) in [7, 11) is 0. The molecule has 180 valence electrons. The summed E-state index contributed by atoms with van der Waals surface area (Å²) in [4.78, 5) is 39.8. The number of rotatable bonds is 7. The predicted molar refractivity (Wildman–Crippen MR) is 130 cm³/mol. The molecule has 0 spiro atoms. The van der Waals surface area contributed by atoms with E-state index >= 15 is 0 Å². The molecule has 0 heterocycles. The summed E-state index contributed by atoms with van der Waals surface area (Å²) >= 11 is 0. The minimum absolute atomic E-state index is 0.464. The van der Waals surface area contributed by atoms with E-state index in [9.17, 15) is 19.5 Å². The lowest BCUT2D eigenvalue weighted by molar-refractivity contribution is -0.137. The molecule has 2 aromatic rings. The molecule has 34 heavy (non-hydrogen) atoms. The fourth-order valence-corrected chi connectivity index (χ4v) is 3.32. The third-order valence-corrected chi connectivity index (χ3v) is 4.90. The number of nitrogens with one attached hydrogen (secondary N) is 2. The zero-order chi connectivity index (χ0) is 25.5. The predicted octanol–water partition coefficient (Wildman–Crippen LogP) is 3.29. The summed E-state index contributed by atoms with van der Waals surface area (Å²) < 4.78 is 5.17. The molecule has 0 aromatic heterocycles. The quantitative estimate of drug-likeness (QED) is 0.430. The number of hydrogen-bond acceptors (Lipinski definition) is 5. The molecule has 0 radical (unpaired) electrons. The van der Waals surface area contributed by atoms with Crippen molar-refractivity contribution in [3.05, 3.63) is 65.2 Å². The van der Waals surface area contributed by atoms with Crippen molar-refractivity contribution in [3.63, 3.8) is 0 Å². The van der Waals surface area contributed by atoms with Gasteiger partial charge in [0, 0.05) is 11.7 Å². The summed E-state index contributed by atoms with van der Waals surface area (Å²) in [6.45, 7) is 7.97. The highest BCUT2D eigenvalue weighted by Gasteiger charge is 2.36. The van der Waals surface area contributed by atoms with E-state index in [1.807, 2.05) is 32.0 Å². The number of aliphatic hydroxyl groups excluding tert-OH is 1. The fourth-order valence-electron chi connectivity index (χ4n) is 3.32. The number of aliphatic hydroxyl groups is 1. The van der Waals surface area contributed by atoms with Gasteiger partial charge in [0.2, 0.25) is 0 Å². The Hall–Kier alpha value is -3.83. The van der Waals surface area contributed by atoms with Crippen molar-refractivity contribution in [1.82, 2.24) is 10.2 Å². The SMILES string of the molecule is C#CN(C(=O)C(CO)NC(=O)OC(C)(C)C)C(C(=O)Nc1c(C)cccc1C)c1ccccc1. The number of hydrogen-bond donors (Lipinski definition) is 3. The number of terminal acetylenes is 1. The average molecular weight is 466 g/mol. The first-order valence-electron chi connectivity index (χ1n) is 10.8. The van der Waals surface area contributed by atoms with Gasteiger partial charge in [0.05, 0.1) is 6.61 Å². The van der Waals surface area contributed by atoms with Crippen molar-refractivity contribution >= 4 is 23.6 Å². The van der Waals surface area contributed by atoms with Crippen molar-refractivity contribution in [2.24, 2.45) is 0 Å². The van der Waals surface area contributed by atoms with E-state index < -0.39 is 42.2 Å². The van der Waals surface area contributed by atoms with E-state index in [0.29, 0.717) is 11.3 Å². The van der Waals surface area contributed by atoms with Crippen molar-refractivity contribution in [3.8, 4) is 12.5 Å². The van der Waals surface area contributed by atoms with Gasteiger partial charge in [0.1, 0.15) is 17.7 Å². The average Bonchev–Trinajstić information content (AvgIpc) is 2.77. The third kappa shape index (κ3) is 6.83. The molecule has 0 fully saturated rings. The number of para-hydroxylation sites is 1. The van der Waals surface area contributed by atoms with E-state index in [1.54, 1.807) is 51.1 Å². The fraction of sp³-hybridized carbons (Fsp3) is 0.346. The van der Waals surface area contributed by atoms with Crippen LogP contribution in [0.15, 0.2) is 48.5 Å². The van der Waals surface area contributed by atoms with Crippen LogP contribution in [0.5, 0.6) is 0 Å². The topological polar surface area (TPSA) is 108 Å². The first-order valence-corrected chi connectivity index (χ1v) is 10.8. The first kappa shape index (κ1) is 26.4. The molecular formula is C26H31N3O5. The van der Waals surface area contributed by atoms with E-state index in [4.69, 9.17) is 11.2 Å². The molecule has 0 aliphatic rings. The Morgan fingerprint density at radius 2 is 1.65 bits per heavy atom. The lowest BCUT2D eigenvalue weighted by atomic mass is 10.0. The second-order valence-electron chi connectivity index (χ2n) is 8.79. The molecule has 8 nitrogen and oxygen atoms in total.